The predicted octanol–water partition coefficient (Wildman–Crippen LogP) is -0.434. The Labute approximate surface area is 96.9 Å². The molecule has 1 aliphatic heterocycles. The number of rotatable bonds is 5. The van der Waals surface area contributed by atoms with E-state index in [4.69, 9.17) is 10.6 Å². The van der Waals surface area contributed by atoms with Gasteiger partial charge in [0.1, 0.15) is 0 Å². The summed E-state index contributed by atoms with van der Waals surface area (Å²) in [5, 5.41) is 1.63. The summed E-state index contributed by atoms with van der Waals surface area (Å²) in [6.07, 6.45) is 0.449. The zero-order valence-corrected chi connectivity index (χ0v) is 10.2. The monoisotopic (exact) mass is 230 g/mol. The van der Waals surface area contributed by atoms with E-state index in [1.807, 2.05) is 0 Å². The molecule has 0 aromatic rings. The quantitative estimate of drug-likeness (QED) is 0.694. The van der Waals surface area contributed by atoms with Crippen molar-refractivity contribution in [1.82, 2.24) is 14.9 Å². The molecule has 1 amide bonds. The number of hydroxylamine groups is 2. The largest absolute Gasteiger partial charge is 0.423 e. The van der Waals surface area contributed by atoms with Crippen molar-refractivity contribution in [2.24, 2.45) is 5.73 Å². The maximum atomic E-state index is 10.5. The van der Waals surface area contributed by atoms with Gasteiger partial charge in [-0.3, -0.25) is 0 Å². The molecule has 0 aromatic heterocycles. The van der Waals surface area contributed by atoms with Crippen molar-refractivity contribution in [3.8, 4) is 0 Å². The Hall–Kier alpha value is -0.850. The first kappa shape index (κ1) is 13.2. The van der Waals surface area contributed by atoms with Crippen molar-refractivity contribution in [3.05, 3.63) is 0 Å². The molecule has 1 heterocycles. The molecule has 0 unspecified atom stereocenters. The van der Waals surface area contributed by atoms with Gasteiger partial charge in [0.15, 0.2) is 0 Å². The number of primary amides is 1. The molecule has 1 aliphatic rings. The normalized spacial score (nSPS) is 18.9. The summed E-state index contributed by atoms with van der Waals surface area (Å²) in [5.41, 5.74) is 4.95. The summed E-state index contributed by atoms with van der Waals surface area (Å²) >= 11 is 0. The fourth-order valence-corrected chi connectivity index (χ4v) is 1.78. The van der Waals surface area contributed by atoms with Crippen LogP contribution in [0.1, 0.15) is 6.42 Å². The highest BCUT2D eigenvalue weighted by molar-refractivity contribution is 5.64. The van der Waals surface area contributed by atoms with Crippen LogP contribution in [0.3, 0.4) is 0 Å². The summed E-state index contributed by atoms with van der Waals surface area (Å²) in [6.45, 7) is 5.55. The van der Waals surface area contributed by atoms with E-state index in [-0.39, 0.29) is 0 Å². The van der Waals surface area contributed by atoms with Crippen molar-refractivity contribution in [3.63, 3.8) is 0 Å². The minimum atomic E-state index is -0.721. The SMILES string of the molecule is CN(C)CCCN1CCN(OC(N)=O)CC1. The van der Waals surface area contributed by atoms with E-state index in [1.54, 1.807) is 5.06 Å². The maximum Gasteiger partial charge on any atom is 0.423 e. The van der Waals surface area contributed by atoms with Crippen LogP contribution < -0.4 is 5.73 Å². The van der Waals surface area contributed by atoms with Crippen molar-refractivity contribution in [2.75, 3.05) is 53.4 Å². The van der Waals surface area contributed by atoms with Gasteiger partial charge < -0.3 is 20.4 Å². The summed E-state index contributed by atoms with van der Waals surface area (Å²) in [7, 11) is 4.16. The van der Waals surface area contributed by atoms with Gasteiger partial charge in [0.05, 0.1) is 0 Å². The molecule has 1 rings (SSSR count). The van der Waals surface area contributed by atoms with E-state index < -0.39 is 6.09 Å². The number of carbonyl (C=O) groups excluding carboxylic acids is 1. The first-order valence-corrected chi connectivity index (χ1v) is 5.67. The van der Waals surface area contributed by atoms with Crippen LogP contribution in [0.5, 0.6) is 0 Å². The minimum absolute atomic E-state index is 0.721. The predicted molar refractivity (Wildman–Crippen MR) is 61.9 cm³/mol. The average Bonchev–Trinajstić information content (AvgIpc) is 2.19. The van der Waals surface area contributed by atoms with Crippen LogP contribution in [-0.2, 0) is 4.84 Å². The highest BCUT2D eigenvalue weighted by Gasteiger charge is 2.18. The lowest BCUT2D eigenvalue weighted by Gasteiger charge is -2.32. The first-order chi connectivity index (χ1) is 7.58. The second-order valence-electron chi connectivity index (χ2n) is 4.34. The van der Waals surface area contributed by atoms with E-state index in [2.05, 4.69) is 23.9 Å². The van der Waals surface area contributed by atoms with Gasteiger partial charge >= 0.3 is 6.09 Å². The Bertz CT molecular complexity index is 215. The van der Waals surface area contributed by atoms with Gasteiger partial charge in [0, 0.05) is 26.2 Å². The topological polar surface area (TPSA) is 62.0 Å². The highest BCUT2D eigenvalue weighted by Crippen LogP contribution is 2.03. The van der Waals surface area contributed by atoms with E-state index >= 15 is 0 Å². The lowest BCUT2D eigenvalue weighted by Crippen LogP contribution is -2.47. The Morgan fingerprint density at radius 2 is 1.94 bits per heavy atom. The first-order valence-electron chi connectivity index (χ1n) is 5.67. The molecule has 0 saturated carbocycles. The molecule has 0 radical (unpaired) electrons. The lowest BCUT2D eigenvalue weighted by molar-refractivity contribution is -0.120. The second kappa shape index (κ2) is 6.67. The van der Waals surface area contributed by atoms with Crippen molar-refractivity contribution < 1.29 is 9.63 Å². The summed E-state index contributed by atoms with van der Waals surface area (Å²) in [6, 6.07) is 0. The Morgan fingerprint density at radius 3 is 2.44 bits per heavy atom. The van der Waals surface area contributed by atoms with Crippen LogP contribution in [0.25, 0.3) is 0 Å². The molecule has 0 aliphatic carbocycles. The molecule has 0 spiro atoms. The number of amides is 1. The number of nitrogens with two attached hydrogens (primary N) is 1. The molecular formula is C10H22N4O2. The molecule has 0 bridgehead atoms. The molecule has 2 N–H and O–H groups in total. The van der Waals surface area contributed by atoms with Gasteiger partial charge in [-0.15, -0.1) is 5.06 Å². The number of carbonyl (C=O) groups is 1. The Balaban J connectivity index is 2.10. The molecule has 1 fully saturated rings. The molecule has 16 heavy (non-hydrogen) atoms. The van der Waals surface area contributed by atoms with Crippen molar-refractivity contribution >= 4 is 6.09 Å². The van der Waals surface area contributed by atoms with Crippen LogP contribution in [0.15, 0.2) is 0 Å². The third-order valence-corrected chi connectivity index (χ3v) is 2.63. The van der Waals surface area contributed by atoms with Crippen LogP contribution in [0, 0.1) is 0 Å². The van der Waals surface area contributed by atoms with Gasteiger partial charge in [-0.05, 0) is 33.6 Å². The van der Waals surface area contributed by atoms with Crippen LogP contribution in [-0.4, -0.2) is 74.3 Å². The molecule has 0 aromatic carbocycles. The summed E-state index contributed by atoms with van der Waals surface area (Å²) in [4.78, 5) is 19.9. The molecular weight excluding hydrogens is 208 g/mol. The zero-order chi connectivity index (χ0) is 12.0. The third-order valence-electron chi connectivity index (χ3n) is 2.63. The van der Waals surface area contributed by atoms with Crippen molar-refractivity contribution in [1.29, 1.82) is 0 Å². The zero-order valence-electron chi connectivity index (χ0n) is 10.2. The van der Waals surface area contributed by atoms with Crippen LogP contribution in [0.4, 0.5) is 4.79 Å². The summed E-state index contributed by atoms with van der Waals surface area (Å²) < 4.78 is 0. The van der Waals surface area contributed by atoms with E-state index in [9.17, 15) is 4.79 Å². The number of hydrogen-bond donors (Lipinski definition) is 1. The Kier molecular flexibility index (Phi) is 5.51. The summed E-state index contributed by atoms with van der Waals surface area (Å²) in [5.74, 6) is 0. The number of nitrogens with zero attached hydrogens (tertiary/aromatic N) is 3. The third kappa shape index (κ3) is 5.29. The van der Waals surface area contributed by atoms with Crippen LogP contribution in [0.2, 0.25) is 0 Å². The van der Waals surface area contributed by atoms with Crippen molar-refractivity contribution in [2.45, 2.75) is 6.42 Å². The fraction of sp³-hybridized carbons (Fsp3) is 0.900. The van der Waals surface area contributed by atoms with Gasteiger partial charge in [0.25, 0.3) is 0 Å². The second-order valence-corrected chi connectivity index (χ2v) is 4.34. The molecule has 6 nitrogen and oxygen atoms in total. The highest BCUT2D eigenvalue weighted by atomic mass is 16.7. The average molecular weight is 230 g/mol. The van der Waals surface area contributed by atoms with Gasteiger partial charge in [0.2, 0.25) is 0 Å². The molecule has 6 heteroatoms. The Morgan fingerprint density at radius 1 is 1.31 bits per heavy atom. The van der Waals surface area contributed by atoms with Gasteiger partial charge in [-0.2, -0.15) is 0 Å². The van der Waals surface area contributed by atoms with E-state index in [0.29, 0.717) is 0 Å². The minimum Gasteiger partial charge on any atom is -0.351 e. The lowest BCUT2D eigenvalue weighted by atomic mass is 10.3. The van der Waals surface area contributed by atoms with Gasteiger partial charge in [-0.1, -0.05) is 0 Å². The maximum absolute atomic E-state index is 10.5. The smallest absolute Gasteiger partial charge is 0.351 e. The van der Waals surface area contributed by atoms with Crippen LogP contribution >= 0.6 is 0 Å². The van der Waals surface area contributed by atoms with Gasteiger partial charge in [-0.25, -0.2) is 4.79 Å². The molecule has 0 atom stereocenters. The number of piperazine rings is 1. The molecule has 94 valence electrons. The molecule has 1 saturated heterocycles. The number of hydrogen-bond acceptors (Lipinski definition) is 5. The fourth-order valence-electron chi connectivity index (χ4n) is 1.78. The van der Waals surface area contributed by atoms with E-state index in [1.165, 1.54) is 6.42 Å². The van der Waals surface area contributed by atoms with E-state index in [0.717, 1.165) is 39.3 Å². The standard InChI is InChI=1S/C10H22N4O2/c1-12(2)4-3-5-13-6-8-14(9-7-13)16-10(11)15/h3-9H2,1-2H3,(H2,11,15).